The number of aliphatic hydroxyl groups excluding tert-OH is 1. The maximum absolute atomic E-state index is 14.9. The molecule has 4 heterocycles. The number of carbonyl (C=O) groups is 1. The molecular weight excluding hydrogens is 595 g/mol. The summed E-state index contributed by atoms with van der Waals surface area (Å²) < 4.78 is 31.9. The number of aliphatic hydroxyl groups is 1. The number of carbonyl (C=O) groups excluding carboxylic acids is 1. The number of alkyl halides is 1. The Kier molecular flexibility index (Phi) is 9.84. The summed E-state index contributed by atoms with van der Waals surface area (Å²) in [5, 5.41) is 22.6. The molecule has 0 radical (unpaired) electrons. The van der Waals surface area contributed by atoms with Gasteiger partial charge in [0.2, 0.25) is 5.95 Å². The van der Waals surface area contributed by atoms with Gasteiger partial charge >= 0.3 is 0 Å². The summed E-state index contributed by atoms with van der Waals surface area (Å²) in [6.45, 7) is 5.98. The van der Waals surface area contributed by atoms with Gasteiger partial charge in [-0.05, 0) is 36.8 Å². The average Bonchev–Trinajstić information content (AvgIpc) is 3.05. The van der Waals surface area contributed by atoms with Crippen molar-refractivity contribution < 1.29 is 28.5 Å². The minimum absolute atomic E-state index is 0.0261. The van der Waals surface area contributed by atoms with Crippen molar-refractivity contribution in [1.29, 1.82) is 5.26 Å². The first-order chi connectivity index (χ1) is 22.4. The third-order valence-electron chi connectivity index (χ3n) is 8.60. The van der Waals surface area contributed by atoms with Crippen LogP contribution in [-0.2, 0) is 9.53 Å². The number of nitrogens with one attached hydrogen (secondary N) is 1. The molecule has 6 rings (SSSR count). The quantitative estimate of drug-likeness (QED) is 0.297. The maximum atomic E-state index is 14.9. The number of piperazine rings is 1. The van der Waals surface area contributed by atoms with Crippen molar-refractivity contribution in [2.75, 3.05) is 76.4 Å². The van der Waals surface area contributed by atoms with Crippen molar-refractivity contribution in [1.82, 2.24) is 24.8 Å². The lowest BCUT2D eigenvalue weighted by Crippen LogP contribution is -2.56. The van der Waals surface area contributed by atoms with Crippen molar-refractivity contribution in [2.45, 2.75) is 30.8 Å². The van der Waals surface area contributed by atoms with E-state index in [1.807, 2.05) is 18.2 Å². The van der Waals surface area contributed by atoms with E-state index in [4.69, 9.17) is 14.2 Å². The van der Waals surface area contributed by atoms with Gasteiger partial charge in [0, 0.05) is 63.1 Å². The standard InChI is InChI=1S/C32H37FN8O5/c1-44-30-13-23(3-4-27(30)41-10-8-40(9-11-41)24-18-45-19-24)37-32-36-20-35-31(38-32)21-2-5-28(22(12-21)14-34)46-29-6-7-39(16-26(29)33)15-25(43)17-42/h2-5,12-13,17,20,24-26,29,43H,6-11,15-16,18-19H2,1H3,(H,35,36,37,38)/t25?,26-,29+/m1/s1. The molecule has 3 aliphatic rings. The van der Waals surface area contributed by atoms with Crippen LogP contribution in [0.1, 0.15) is 12.0 Å². The summed E-state index contributed by atoms with van der Waals surface area (Å²) in [5.74, 6) is 1.68. The van der Waals surface area contributed by atoms with Crippen molar-refractivity contribution in [3.63, 3.8) is 0 Å². The van der Waals surface area contributed by atoms with Gasteiger partial charge in [0.15, 0.2) is 5.82 Å². The van der Waals surface area contributed by atoms with Crippen LogP contribution in [0.25, 0.3) is 11.4 Å². The number of likely N-dealkylation sites (tertiary alicyclic amines) is 1. The van der Waals surface area contributed by atoms with Crippen LogP contribution >= 0.6 is 0 Å². The number of piperidine rings is 1. The van der Waals surface area contributed by atoms with E-state index in [1.54, 1.807) is 30.2 Å². The highest BCUT2D eigenvalue weighted by molar-refractivity contribution is 5.68. The number of rotatable bonds is 11. The number of hydrogen-bond donors (Lipinski definition) is 2. The van der Waals surface area contributed by atoms with Crippen LogP contribution in [0.15, 0.2) is 42.7 Å². The Hall–Kier alpha value is -4.42. The Morgan fingerprint density at radius 1 is 1.15 bits per heavy atom. The molecule has 0 bridgehead atoms. The first kappa shape index (κ1) is 31.6. The fourth-order valence-electron chi connectivity index (χ4n) is 5.98. The minimum atomic E-state index is -1.35. The molecule has 0 aliphatic carbocycles. The summed E-state index contributed by atoms with van der Waals surface area (Å²) in [7, 11) is 1.66. The van der Waals surface area contributed by atoms with Gasteiger partial charge in [0.05, 0.1) is 37.6 Å². The molecule has 14 heteroatoms. The number of ether oxygens (including phenoxy) is 3. The highest BCUT2D eigenvalue weighted by Gasteiger charge is 2.32. The predicted molar refractivity (Wildman–Crippen MR) is 167 cm³/mol. The van der Waals surface area contributed by atoms with E-state index in [-0.39, 0.29) is 24.4 Å². The Morgan fingerprint density at radius 2 is 1.98 bits per heavy atom. The van der Waals surface area contributed by atoms with Crippen molar-refractivity contribution >= 4 is 23.6 Å². The van der Waals surface area contributed by atoms with E-state index in [1.165, 1.54) is 6.33 Å². The fourth-order valence-corrected chi connectivity index (χ4v) is 5.98. The molecule has 46 heavy (non-hydrogen) atoms. The lowest BCUT2D eigenvalue weighted by atomic mass is 10.0. The van der Waals surface area contributed by atoms with E-state index in [2.05, 4.69) is 36.1 Å². The van der Waals surface area contributed by atoms with Gasteiger partial charge < -0.3 is 34.3 Å². The molecule has 0 spiro atoms. The largest absolute Gasteiger partial charge is 0.495 e. The van der Waals surface area contributed by atoms with Gasteiger partial charge in [-0.2, -0.15) is 10.2 Å². The van der Waals surface area contributed by atoms with Crippen LogP contribution < -0.4 is 19.7 Å². The SMILES string of the molecule is COc1cc(Nc2ncnc(-c3ccc(O[C@H]4CCN(CC(O)C=O)C[C@H]4F)c(C#N)c3)n2)ccc1N1CCN(C2COC2)CC1. The molecule has 3 fully saturated rings. The van der Waals surface area contributed by atoms with Crippen LogP contribution in [0.3, 0.4) is 0 Å². The van der Waals surface area contributed by atoms with E-state index < -0.39 is 18.4 Å². The number of anilines is 3. The molecule has 3 aliphatic heterocycles. The molecule has 0 amide bonds. The molecule has 242 valence electrons. The average molecular weight is 633 g/mol. The second-order valence-corrected chi connectivity index (χ2v) is 11.6. The second kappa shape index (κ2) is 14.3. The Morgan fingerprint density at radius 3 is 2.67 bits per heavy atom. The number of nitriles is 1. The van der Waals surface area contributed by atoms with Gasteiger partial charge in [-0.25, -0.2) is 14.4 Å². The molecule has 3 atom stereocenters. The summed E-state index contributed by atoms with van der Waals surface area (Å²) in [5.41, 5.74) is 2.57. The first-order valence-corrected chi connectivity index (χ1v) is 15.4. The van der Waals surface area contributed by atoms with Gasteiger partial charge in [-0.1, -0.05) is 0 Å². The van der Waals surface area contributed by atoms with Crippen LogP contribution in [0.2, 0.25) is 0 Å². The number of nitrogens with zero attached hydrogens (tertiary/aromatic N) is 7. The second-order valence-electron chi connectivity index (χ2n) is 11.6. The van der Waals surface area contributed by atoms with E-state index >= 15 is 0 Å². The number of methoxy groups -OCH3 is 1. The van der Waals surface area contributed by atoms with Gasteiger partial charge in [-0.15, -0.1) is 0 Å². The molecular formula is C32H37FN8O5. The zero-order chi connectivity index (χ0) is 32.0. The Labute approximate surface area is 266 Å². The molecule has 1 aromatic heterocycles. The van der Waals surface area contributed by atoms with E-state index in [0.29, 0.717) is 42.6 Å². The molecule has 0 saturated carbocycles. The molecule has 3 aromatic rings. The first-order valence-electron chi connectivity index (χ1n) is 15.4. The molecule has 2 N–H and O–H groups in total. The third kappa shape index (κ3) is 7.18. The van der Waals surface area contributed by atoms with Crippen molar-refractivity contribution in [2.24, 2.45) is 0 Å². The highest BCUT2D eigenvalue weighted by Crippen LogP contribution is 2.34. The van der Waals surface area contributed by atoms with Crippen LogP contribution in [0.5, 0.6) is 11.5 Å². The van der Waals surface area contributed by atoms with Gasteiger partial charge in [0.25, 0.3) is 0 Å². The lowest BCUT2D eigenvalue weighted by Gasteiger charge is -2.43. The number of hydrogen-bond acceptors (Lipinski definition) is 13. The van der Waals surface area contributed by atoms with Crippen molar-refractivity contribution in [3.05, 3.63) is 48.3 Å². The van der Waals surface area contributed by atoms with Gasteiger partial charge in [0.1, 0.15) is 48.6 Å². The zero-order valence-corrected chi connectivity index (χ0v) is 25.6. The molecule has 1 unspecified atom stereocenters. The van der Waals surface area contributed by atoms with Crippen LogP contribution in [0.4, 0.5) is 21.7 Å². The molecule has 13 nitrogen and oxygen atoms in total. The smallest absolute Gasteiger partial charge is 0.230 e. The van der Waals surface area contributed by atoms with Crippen molar-refractivity contribution in [3.8, 4) is 29.0 Å². The van der Waals surface area contributed by atoms with Crippen LogP contribution in [-0.4, -0.2) is 127 Å². The number of aldehydes is 1. The number of aromatic nitrogens is 3. The Bertz CT molecular complexity index is 1560. The minimum Gasteiger partial charge on any atom is -0.495 e. The predicted octanol–water partition coefficient (Wildman–Crippen LogP) is 2.03. The third-order valence-corrected chi connectivity index (χ3v) is 8.60. The Balaban J connectivity index is 1.10. The molecule has 2 aromatic carbocycles. The summed E-state index contributed by atoms with van der Waals surface area (Å²) in [6.07, 6.45) is -1.08. The monoisotopic (exact) mass is 632 g/mol. The molecule has 3 saturated heterocycles. The number of halogens is 1. The highest BCUT2D eigenvalue weighted by atomic mass is 19.1. The summed E-state index contributed by atoms with van der Waals surface area (Å²) in [4.78, 5) is 30.3. The summed E-state index contributed by atoms with van der Waals surface area (Å²) in [6, 6.07) is 13.5. The van der Waals surface area contributed by atoms with Gasteiger partial charge in [-0.3, -0.25) is 9.80 Å². The van der Waals surface area contributed by atoms with Crippen LogP contribution in [0, 0.1) is 11.3 Å². The topological polar surface area (TPSA) is 149 Å². The van der Waals surface area contributed by atoms with E-state index in [0.717, 1.165) is 56.5 Å². The zero-order valence-electron chi connectivity index (χ0n) is 25.6. The number of benzene rings is 2. The lowest BCUT2D eigenvalue weighted by molar-refractivity contribution is -0.116. The maximum Gasteiger partial charge on any atom is 0.230 e. The normalized spacial score (nSPS) is 21.6. The van der Waals surface area contributed by atoms with E-state index in [9.17, 15) is 19.6 Å². The number of β-amino-alcohol motifs (C(OH)–C–C–N with tert-alkyl or cyclic N) is 1. The fraction of sp³-hybridized carbons (Fsp3) is 0.469. The summed E-state index contributed by atoms with van der Waals surface area (Å²) >= 11 is 0.